The molecule has 0 radical (unpaired) electrons. The van der Waals surface area contributed by atoms with Crippen LogP contribution in [-0.4, -0.2) is 43.3 Å². The smallest absolute Gasteiger partial charge is 0.187 e. The molecule has 0 aliphatic heterocycles. The van der Waals surface area contributed by atoms with Gasteiger partial charge in [0, 0.05) is 18.7 Å². The largest absolute Gasteiger partial charge is 0.507 e. The van der Waals surface area contributed by atoms with Crippen molar-refractivity contribution in [2.24, 2.45) is 5.10 Å². The zero-order valence-corrected chi connectivity index (χ0v) is 12.5. The number of hydrogen-bond donors (Lipinski definition) is 3. The number of phenols is 1. The molecule has 0 saturated carbocycles. The molecule has 0 fully saturated rings. The lowest BCUT2D eigenvalue weighted by Crippen LogP contribution is -2.40. The summed E-state index contributed by atoms with van der Waals surface area (Å²) < 4.78 is 10.1. The van der Waals surface area contributed by atoms with Crippen LogP contribution in [-0.2, 0) is 4.74 Å². The Morgan fingerprint density at radius 2 is 2.25 bits per heavy atom. The number of nitrogens with one attached hydrogen (secondary N) is 2. The molecule has 0 spiro atoms. The summed E-state index contributed by atoms with van der Waals surface area (Å²) in [5, 5.41) is 17.0. The lowest BCUT2D eigenvalue weighted by molar-refractivity contribution is 0.179. The molecule has 1 rings (SSSR count). The van der Waals surface area contributed by atoms with E-state index in [4.69, 9.17) is 21.7 Å². The lowest BCUT2D eigenvalue weighted by Gasteiger charge is -2.13. The van der Waals surface area contributed by atoms with Crippen molar-refractivity contribution in [2.75, 3.05) is 20.8 Å². The van der Waals surface area contributed by atoms with Gasteiger partial charge in [-0.25, -0.2) is 0 Å². The number of hydrogen-bond acceptors (Lipinski definition) is 5. The fraction of sp³-hybridized carbons (Fsp3) is 0.385. The maximum Gasteiger partial charge on any atom is 0.187 e. The highest BCUT2D eigenvalue weighted by molar-refractivity contribution is 7.80. The van der Waals surface area contributed by atoms with E-state index < -0.39 is 0 Å². The van der Waals surface area contributed by atoms with Gasteiger partial charge in [0.2, 0.25) is 0 Å². The third kappa shape index (κ3) is 5.41. The molecule has 1 aromatic rings. The van der Waals surface area contributed by atoms with E-state index in [0.29, 0.717) is 23.0 Å². The molecule has 0 aliphatic rings. The number of benzene rings is 1. The molecule has 1 atom stereocenters. The zero-order valence-electron chi connectivity index (χ0n) is 11.7. The van der Waals surface area contributed by atoms with Crippen LogP contribution in [0.25, 0.3) is 0 Å². The number of phenolic OH excluding ortho intramolecular Hbond substituents is 1. The minimum absolute atomic E-state index is 0.0837. The van der Waals surface area contributed by atoms with Crippen LogP contribution >= 0.6 is 12.2 Å². The van der Waals surface area contributed by atoms with Gasteiger partial charge >= 0.3 is 0 Å². The summed E-state index contributed by atoms with van der Waals surface area (Å²) >= 11 is 5.06. The molecule has 0 saturated heterocycles. The van der Waals surface area contributed by atoms with Gasteiger partial charge in [0.25, 0.3) is 0 Å². The van der Waals surface area contributed by atoms with E-state index in [1.165, 1.54) is 12.3 Å². The first-order valence-electron chi connectivity index (χ1n) is 6.02. The summed E-state index contributed by atoms with van der Waals surface area (Å²) in [6.45, 7) is 2.48. The third-order valence-corrected chi connectivity index (χ3v) is 2.61. The van der Waals surface area contributed by atoms with Gasteiger partial charge in [-0.3, -0.25) is 5.43 Å². The Bertz CT molecular complexity index is 480. The number of rotatable bonds is 6. The van der Waals surface area contributed by atoms with E-state index in [0.717, 1.165) is 0 Å². The van der Waals surface area contributed by atoms with Crippen LogP contribution < -0.4 is 15.5 Å². The Balaban J connectivity index is 2.54. The van der Waals surface area contributed by atoms with Gasteiger partial charge in [-0.1, -0.05) is 0 Å². The van der Waals surface area contributed by atoms with Crippen LogP contribution in [0.4, 0.5) is 0 Å². The molecule has 0 aromatic heterocycles. The number of nitrogens with zero attached hydrogens (tertiary/aromatic N) is 1. The van der Waals surface area contributed by atoms with Crippen molar-refractivity contribution in [3.05, 3.63) is 23.8 Å². The Kier molecular flexibility index (Phi) is 6.75. The quantitative estimate of drug-likeness (QED) is 0.417. The summed E-state index contributed by atoms with van der Waals surface area (Å²) in [6.07, 6.45) is 1.47. The normalized spacial score (nSPS) is 12.2. The van der Waals surface area contributed by atoms with E-state index >= 15 is 0 Å². The Labute approximate surface area is 123 Å². The predicted octanol–water partition coefficient (Wildman–Crippen LogP) is 1.23. The Hall–Kier alpha value is -1.86. The Morgan fingerprint density at radius 3 is 2.90 bits per heavy atom. The van der Waals surface area contributed by atoms with Crippen molar-refractivity contribution < 1.29 is 14.6 Å². The van der Waals surface area contributed by atoms with E-state index in [-0.39, 0.29) is 11.8 Å². The molecule has 0 bridgehead atoms. The second-order valence-electron chi connectivity index (χ2n) is 4.12. The highest BCUT2D eigenvalue weighted by Gasteiger charge is 2.03. The molecule has 6 nitrogen and oxygen atoms in total. The molecule has 3 N–H and O–H groups in total. The van der Waals surface area contributed by atoms with Gasteiger partial charge in [0.05, 0.1) is 19.9 Å². The van der Waals surface area contributed by atoms with E-state index in [1.807, 2.05) is 6.92 Å². The maximum absolute atomic E-state index is 9.67. The van der Waals surface area contributed by atoms with Crippen molar-refractivity contribution in [2.45, 2.75) is 13.0 Å². The second kappa shape index (κ2) is 8.34. The van der Waals surface area contributed by atoms with Crippen LogP contribution in [0.3, 0.4) is 0 Å². The fourth-order valence-electron chi connectivity index (χ4n) is 1.47. The van der Waals surface area contributed by atoms with Gasteiger partial charge in [0.15, 0.2) is 5.11 Å². The van der Waals surface area contributed by atoms with Gasteiger partial charge in [-0.15, -0.1) is 0 Å². The topological polar surface area (TPSA) is 75.1 Å². The first kappa shape index (κ1) is 16.2. The molecule has 1 aromatic carbocycles. The first-order valence-corrected chi connectivity index (χ1v) is 6.43. The monoisotopic (exact) mass is 297 g/mol. The fourth-order valence-corrected chi connectivity index (χ4v) is 1.73. The maximum atomic E-state index is 9.67. The van der Waals surface area contributed by atoms with Crippen molar-refractivity contribution in [1.29, 1.82) is 0 Å². The first-order chi connectivity index (χ1) is 9.56. The molecular weight excluding hydrogens is 278 g/mol. The predicted molar refractivity (Wildman–Crippen MR) is 82.5 cm³/mol. The highest BCUT2D eigenvalue weighted by atomic mass is 32.1. The number of methoxy groups -OCH3 is 2. The zero-order chi connectivity index (χ0) is 15.0. The molecular formula is C13H19N3O3S. The molecule has 0 aliphatic carbocycles. The number of thiocarbonyl (C=S) groups is 1. The molecule has 0 heterocycles. The SMILES string of the molecule is COC[C@H](C)NC(=S)N/N=C/c1cc(OC)ccc1O. The average Bonchev–Trinajstić information content (AvgIpc) is 2.41. The van der Waals surface area contributed by atoms with Gasteiger partial charge in [-0.2, -0.15) is 5.10 Å². The second-order valence-corrected chi connectivity index (χ2v) is 4.53. The van der Waals surface area contributed by atoms with E-state index in [2.05, 4.69) is 15.8 Å². The minimum Gasteiger partial charge on any atom is -0.507 e. The third-order valence-electron chi connectivity index (χ3n) is 2.40. The number of ether oxygens (including phenoxy) is 2. The summed E-state index contributed by atoms with van der Waals surface area (Å²) in [4.78, 5) is 0. The molecule has 7 heteroatoms. The van der Waals surface area contributed by atoms with Gasteiger partial charge in [0.1, 0.15) is 11.5 Å². The standard InChI is InChI=1S/C13H19N3O3S/c1-9(8-18-2)15-13(20)16-14-7-10-6-11(19-3)4-5-12(10)17/h4-7,9,17H,8H2,1-3H3,(H2,15,16,20)/b14-7+/t9-/m0/s1. The molecule has 0 amide bonds. The van der Waals surface area contributed by atoms with Crippen LogP contribution in [0.2, 0.25) is 0 Å². The lowest BCUT2D eigenvalue weighted by atomic mass is 10.2. The molecule has 20 heavy (non-hydrogen) atoms. The van der Waals surface area contributed by atoms with Crippen LogP contribution in [0.1, 0.15) is 12.5 Å². The van der Waals surface area contributed by atoms with Crippen LogP contribution in [0.5, 0.6) is 11.5 Å². The molecule has 0 unspecified atom stereocenters. The summed E-state index contributed by atoms with van der Waals surface area (Å²) in [5.41, 5.74) is 3.20. The number of aromatic hydroxyl groups is 1. The van der Waals surface area contributed by atoms with Crippen LogP contribution in [0.15, 0.2) is 23.3 Å². The molecule has 110 valence electrons. The number of hydrazone groups is 1. The summed E-state index contributed by atoms with van der Waals surface area (Å²) in [5.74, 6) is 0.752. The Morgan fingerprint density at radius 1 is 1.50 bits per heavy atom. The van der Waals surface area contributed by atoms with Crippen molar-refractivity contribution >= 4 is 23.5 Å². The van der Waals surface area contributed by atoms with Crippen molar-refractivity contribution in [1.82, 2.24) is 10.7 Å². The summed E-state index contributed by atoms with van der Waals surface area (Å²) in [6, 6.07) is 4.96. The van der Waals surface area contributed by atoms with E-state index in [1.54, 1.807) is 26.4 Å². The van der Waals surface area contributed by atoms with Gasteiger partial charge < -0.3 is 19.9 Å². The average molecular weight is 297 g/mol. The van der Waals surface area contributed by atoms with Crippen LogP contribution in [0, 0.1) is 0 Å². The van der Waals surface area contributed by atoms with Crippen molar-refractivity contribution in [3.8, 4) is 11.5 Å². The van der Waals surface area contributed by atoms with Gasteiger partial charge in [-0.05, 0) is 37.3 Å². The highest BCUT2D eigenvalue weighted by Crippen LogP contribution is 2.20. The van der Waals surface area contributed by atoms with Crippen molar-refractivity contribution in [3.63, 3.8) is 0 Å². The van der Waals surface area contributed by atoms with E-state index in [9.17, 15) is 5.11 Å². The summed E-state index contributed by atoms with van der Waals surface area (Å²) in [7, 11) is 3.18. The minimum atomic E-state index is 0.0837.